The van der Waals surface area contributed by atoms with Gasteiger partial charge in [-0.2, -0.15) is 5.26 Å². The van der Waals surface area contributed by atoms with Crippen LogP contribution >= 0.6 is 0 Å². The molecule has 0 aliphatic rings. The third kappa shape index (κ3) is 2.74. The number of nitriles is 1. The van der Waals surface area contributed by atoms with Crippen molar-refractivity contribution in [2.75, 3.05) is 13.6 Å². The summed E-state index contributed by atoms with van der Waals surface area (Å²) in [6, 6.07) is 19.2. The average Bonchev–Trinajstić information content (AvgIpc) is 2.98. The molecule has 1 aromatic heterocycles. The Bertz CT molecular complexity index is 796. The summed E-state index contributed by atoms with van der Waals surface area (Å²) < 4.78 is 0. The van der Waals surface area contributed by atoms with Crippen molar-refractivity contribution in [3.05, 3.63) is 71.4 Å². The lowest BCUT2D eigenvalue weighted by molar-refractivity contribution is 0.662. The molecule has 0 amide bonds. The van der Waals surface area contributed by atoms with E-state index in [1.807, 2.05) is 13.1 Å². The zero-order valence-electron chi connectivity index (χ0n) is 12.6. The Labute approximate surface area is 130 Å². The lowest BCUT2D eigenvalue weighted by Gasteiger charge is -2.18. The molecule has 0 radical (unpaired) electrons. The molecule has 22 heavy (non-hydrogen) atoms. The Morgan fingerprint density at radius 3 is 2.68 bits per heavy atom. The molecule has 1 atom stereocenters. The molecule has 0 bridgehead atoms. The van der Waals surface area contributed by atoms with Gasteiger partial charge in [0.1, 0.15) is 6.07 Å². The molecule has 2 aromatic carbocycles. The van der Waals surface area contributed by atoms with Crippen molar-refractivity contribution in [3.63, 3.8) is 0 Å². The predicted octanol–water partition coefficient (Wildman–Crippen LogP) is 3.78. The number of hydrogen-bond acceptors (Lipinski definition) is 2. The summed E-state index contributed by atoms with van der Waals surface area (Å²) in [5.74, 6) is 0.354. The summed E-state index contributed by atoms with van der Waals surface area (Å²) >= 11 is 0. The highest BCUT2D eigenvalue weighted by atomic mass is 14.8. The van der Waals surface area contributed by atoms with E-state index in [-0.39, 0.29) is 0 Å². The van der Waals surface area contributed by atoms with Gasteiger partial charge in [-0.3, -0.25) is 0 Å². The smallest absolute Gasteiger partial charge is 0.101 e. The van der Waals surface area contributed by atoms with Crippen molar-refractivity contribution >= 4 is 10.9 Å². The number of nitrogens with one attached hydrogen (secondary N) is 2. The zero-order chi connectivity index (χ0) is 15.4. The summed E-state index contributed by atoms with van der Waals surface area (Å²) in [7, 11) is 1.98. The summed E-state index contributed by atoms with van der Waals surface area (Å²) in [4.78, 5) is 3.20. The van der Waals surface area contributed by atoms with Gasteiger partial charge in [-0.15, -0.1) is 0 Å². The quantitative estimate of drug-likeness (QED) is 0.751. The maximum atomic E-state index is 9.12. The maximum Gasteiger partial charge on any atom is 0.101 e. The predicted molar refractivity (Wildman–Crippen MR) is 89.8 cm³/mol. The van der Waals surface area contributed by atoms with Crippen LogP contribution in [-0.2, 0) is 0 Å². The SMILES string of the molecule is CNCCC(c1ccccc1)c1ccc2c(C#N)c[nH]c2c1. The number of aromatic amines is 1. The average molecular weight is 289 g/mol. The molecule has 0 aliphatic heterocycles. The highest BCUT2D eigenvalue weighted by molar-refractivity contribution is 5.86. The van der Waals surface area contributed by atoms with Crippen LogP contribution in [0.15, 0.2) is 54.7 Å². The van der Waals surface area contributed by atoms with Gasteiger partial charge in [-0.05, 0) is 37.2 Å². The van der Waals surface area contributed by atoms with E-state index in [2.05, 4.69) is 58.8 Å². The van der Waals surface area contributed by atoms with Crippen LogP contribution in [-0.4, -0.2) is 18.6 Å². The highest BCUT2D eigenvalue weighted by Gasteiger charge is 2.15. The minimum Gasteiger partial charge on any atom is -0.360 e. The van der Waals surface area contributed by atoms with Crippen LogP contribution in [0.1, 0.15) is 29.0 Å². The fourth-order valence-electron chi connectivity index (χ4n) is 2.95. The lowest BCUT2D eigenvalue weighted by atomic mass is 9.88. The Kier molecular flexibility index (Phi) is 4.22. The molecule has 1 unspecified atom stereocenters. The van der Waals surface area contributed by atoms with Gasteiger partial charge < -0.3 is 10.3 Å². The largest absolute Gasteiger partial charge is 0.360 e. The van der Waals surface area contributed by atoms with E-state index in [1.54, 1.807) is 6.20 Å². The molecule has 0 fully saturated rings. The van der Waals surface area contributed by atoms with Gasteiger partial charge in [-0.1, -0.05) is 42.5 Å². The summed E-state index contributed by atoms with van der Waals surface area (Å²) in [5.41, 5.74) is 4.33. The van der Waals surface area contributed by atoms with Crippen molar-refractivity contribution < 1.29 is 0 Å². The minimum absolute atomic E-state index is 0.354. The minimum atomic E-state index is 0.354. The summed E-state index contributed by atoms with van der Waals surface area (Å²) in [6.07, 6.45) is 2.82. The first-order valence-electron chi connectivity index (χ1n) is 7.54. The Hall–Kier alpha value is -2.57. The van der Waals surface area contributed by atoms with Crippen LogP contribution in [0.2, 0.25) is 0 Å². The molecule has 3 rings (SSSR count). The van der Waals surface area contributed by atoms with Gasteiger partial charge in [0.25, 0.3) is 0 Å². The van der Waals surface area contributed by atoms with Crippen LogP contribution in [0.3, 0.4) is 0 Å². The van der Waals surface area contributed by atoms with Crippen molar-refractivity contribution in [1.82, 2.24) is 10.3 Å². The molecular formula is C19H19N3. The van der Waals surface area contributed by atoms with Crippen LogP contribution in [0.25, 0.3) is 10.9 Å². The number of hydrogen-bond donors (Lipinski definition) is 2. The van der Waals surface area contributed by atoms with E-state index in [0.29, 0.717) is 11.5 Å². The lowest BCUT2D eigenvalue weighted by Crippen LogP contribution is -2.13. The molecule has 0 saturated heterocycles. The van der Waals surface area contributed by atoms with Gasteiger partial charge in [0.05, 0.1) is 5.56 Å². The number of rotatable bonds is 5. The highest BCUT2D eigenvalue weighted by Crippen LogP contribution is 2.30. The van der Waals surface area contributed by atoms with Gasteiger partial charge in [0.15, 0.2) is 0 Å². The van der Waals surface area contributed by atoms with E-state index >= 15 is 0 Å². The van der Waals surface area contributed by atoms with Gasteiger partial charge in [0, 0.05) is 23.0 Å². The standard InChI is InChI=1S/C19H19N3/c1-21-10-9-17(14-5-3-2-4-6-14)15-7-8-18-16(12-20)13-22-19(18)11-15/h2-8,11,13,17,21-22H,9-10H2,1H3. The monoisotopic (exact) mass is 289 g/mol. The van der Waals surface area contributed by atoms with E-state index < -0.39 is 0 Å². The van der Waals surface area contributed by atoms with Crippen molar-refractivity contribution in [2.24, 2.45) is 0 Å². The molecule has 0 spiro atoms. The van der Waals surface area contributed by atoms with Gasteiger partial charge in [-0.25, -0.2) is 0 Å². The number of nitrogens with zero attached hydrogens (tertiary/aromatic N) is 1. The first-order chi connectivity index (χ1) is 10.8. The second-order valence-corrected chi connectivity index (χ2v) is 5.47. The third-order valence-corrected chi connectivity index (χ3v) is 4.11. The van der Waals surface area contributed by atoms with Crippen molar-refractivity contribution in [2.45, 2.75) is 12.3 Å². The molecule has 3 heteroatoms. The second kappa shape index (κ2) is 6.46. The number of aromatic nitrogens is 1. The number of benzene rings is 2. The van der Waals surface area contributed by atoms with E-state index in [9.17, 15) is 0 Å². The van der Waals surface area contributed by atoms with Crippen LogP contribution < -0.4 is 5.32 Å². The Balaban J connectivity index is 2.02. The summed E-state index contributed by atoms with van der Waals surface area (Å²) in [5, 5.41) is 13.3. The van der Waals surface area contributed by atoms with Crippen molar-refractivity contribution in [1.29, 1.82) is 5.26 Å². The fourth-order valence-corrected chi connectivity index (χ4v) is 2.95. The van der Waals surface area contributed by atoms with Gasteiger partial charge >= 0.3 is 0 Å². The van der Waals surface area contributed by atoms with Crippen LogP contribution in [0, 0.1) is 11.3 Å². The topological polar surface area (TPSA) is 51.6 Å². The molecule has 2 N–H and O–H groups in total. The second-order valence-electron chi connectivity index (χ2n) is 5.47. The molecular weight excluding hydrogens is 270 g/mol. The molecule has 1 heterocycles. The van der Waals surface area contributed by atoms with Crippen LogP contribution in [0.4, 0.5) is 0 Å². The van der Waals surface area contributed by atoms with Crippen molar-refractivity contribution in [3.8, 4) is 6.07 Å². The van der Waals surface area contributed by atoms with Crippen LogP contribution in [0.5, 0.6) is 0 Å². The fraction of sp³-hybridized carbons (Fsp3) is 0.211. The molecule has 110 valence electrons. The molecule has 3 aromatic rings. The third-order valence-electron chi connectivity index (χ3n) is 4.11. The first kappa shape index (κ1) is 14.4. The summed E-state index contributed by atoms with van der Waals surface area (Å²) in [6.45, 7) is 0.964. The Morgan fingerprint density at radius 2 is 1.95 bits per heavy atom. The normalized spacial score (nSPS) is 12.2. The molecule has 0 saturated carbocycles. The maximum absolute atomic E-state index is 9.12. The molecule has 0 aliphatic carbocycles. The Morgan fingerprint density at radius 1 is 1.14 bits per heavy atom. The first-order valence-corrected chi connectivity index (χ1v) is 7.54. The van der Waals surface area contributed by atoms with E-state index in [1.165, 1.54) is 11.1 Å². The van der Waals surface area contributed by atoms with E-state index in [4.69, 9.17) is 5.26 Å². The van der Waals surface area contributed by atoms with Gasteiger partial charge in [0.2, 0.25) is 0 Å². The number of H-pyrrole nitrogens is 1. The van der Waals surface area contributed by atoms with E-state index in [0.717, 1.165) is 23.9 Å². The number of fused-ring (bicyclic) bond motifs is 1. The molecule has 3 nitrogen and oxygen atoms in total. The zero-order valence-corrected chi connectivity index (χ0v) is 12.6.